The SMILES string of the molecule is Nc1n[nH]c(C2CCCC2)c1-c1ccc(F)cc1F. The number of rotatable bonds is 2. The third-order valence-corrected chi connectivity index (χ3v) is 3.79. The van der Waals surface area contributed by atoms with Gasteiger partial charge in [-0.15, -0.1) is 0 Å². The Morgan fingerprint density at radius 2 is 1.95 bits per heavy atom. The topological polar surface area (TPSA) is 54.7 Å². The molecule has 0 atom stereocenters. The van der Waals surface area contributed by atoms with Gasteiger partial charge in [0.05, 0.1) is 0 Å². The van der Waals surface area contributed by atoms with Gasteiger partial charge in [0.1, 0.15) is 11.6 Å². The first kappa shape index (κ1) is 12.1. The predicted molar refractivity (Wildman–Crippen MR) is 69.6 cm³/mol. The Morgan fingerprint density at radius 1 is 1.21 bits per heavy atom. The van der Waals surface area contributed by atoms with Crippen molar-refractivity contribution >= 4 is 5.82 Å². The van der Waals surface area contributed by atoms with Crippen LogP contribution in [0.2, 0.25) is 0 Å². The molecule has 0 unspecified atom stereocenters. The molecule has 3 N–H and O–H groups in total. The lowest BCUT2D eigenvalue weighted by atomic mass is 9.95. The van der Waals surface area contributed by atoms with E-state index in [1.165, 1.54) is 12.1 Å². The number of nitrogen functional groups attached to an aromatic ring is 1. The molecule has 0 radical (unpaired) electrons. The van der Waals surface area contributed by atoms with Gasteiger partial charge in [-0.3, -0.25) is 5.10 Å². The monoisotopic (exact) mass is 263 g/mol. The van der Waals surface area contributed by atoms with Crippen molar-refractivity contribution in [3.8, 4) is 11.1 Å². The van der Waals surface area contributed by atoms with Crippen LogP contribution in [0.25, 0.3) is 11.1 Å². The lowest BCUT2D eigenvalue weighted by molar-refractivity contribution is 0.585. The van der Waals surface area contributed by atoms with Gasteiger partial charge in [0.2, 0.25) is 0 Å². The van der Waals surface area contributed by atoms with Crippen molar-refractivity contribution in [2.75, 3.05) is 5.73 Å². The molecule has 1 aromatic carbocycles. The molecule has 1 aromatic heterocycles. The maximum Gasteiger partial charge on any atom is 0.153 e. The summed E-state index contributed by atoms with van der Waals surface area (Å²) in [7, 11) is 0. The number of hydrogen-bond donors (Lipinski definition) is 2. The lowest BCUT2D eigenvalue weighted by Crippen LogP contribution is -1.98. The van der Waals surface area contributed by atoms with Crippen molar-refractivity contribution in [2.45, 2.75) is 31.6 Å². The largest absolute Gasteiger partial charge is 0.382 e. The molecule has 100 valence electrons. The fourth-order valence-corrected chi connectivity index (χ4v) is 2.86. The first-order valence-corrected chi connectivity index (χ1v) is 6.46. The van der Waals surface area contributed by atoms with Crippen LogP contribution in [0.3, 0.4) is 0 Å². The molecule has 3 rings (SSSR count). The van der Waals surface area contributed by atoms with E-state index in [1.54, 1.807) is 0 Å². The molecule has 0 saturated heterocycles. The highest BCUT2D eigenvalue weighted by Crippen LogP contribution is 2.40. The first-order chi connectivity index (χ1) is 9.16. The van der Waals surface area contributed by atoms with Crippen LogP contribution < -0.4 is 5.73 Å². The number of hydrogen-bond acceptors (Lipinski definition) is 2. The lowest BCUT2D eigenvalue weighted by Gasteiger charge is -2.11. The minimum atomic E-state index is -0.604. The molecule has 1 aliphatic carbocycles. The summed E-state index contributed by atoms with van der Waals surface area (Å²) in [5, 5.41) is 6.91. The van der Waals surface area contributed by atoms with Crippen LogP contribution in [-0.4, -0.2) is 10.2 Å². The zero-order valence-electron chi connectivity index (χ0n) is 10.4. The molecule has 1 heterocycles. The Kier molecular flexibility index (Phi) is 2.97. The average molecular weight is 263 g/mol. The van der Waals surface area contributed by atoms with E-state index in [-0.39, 0.29) is 5.82 Å². The number of aromatic nitrogens is 2. The van der Waals surface area contributed by atoms with E-state index in [1.807, 2.05) is 0 Å². The van der Waals surface area contributed by atoms with Crippen LogP contribution in [0, 0.1) is 11.6 Å². The third kappa shape index (κ3) is 2.09. The van der Waals surface area contributed by atoms with Gasteiger partial charge in [-0.2, -0.15) is 5.10 Å². The number of anilines is 1. The molecule has 0 bridgehead atoms. The van der Waals surface area contributed by atoms with Crippen molar-refractivity contribution in [1.29, 1.82) is 0 Å². The van der Waals surface area contributed by atoms with Crippen molar-refractivity contribution in [3.05, 3.63) is 35.5 Å². The highest BCUT2D eigenvalue weighted by molar-refractivity contribution is 5.77. The second kappa shape index (κ2) is 4.64. The van der Waals surface area contributed by atoms with E-state index in [9.17, 15) is 8.78 Å². The summed E-state index contributed by atoms with van der Waals surface area (Å²) in [4.78, 5) is 0. The second-order valence-corrected chi connectivity index (χ2v) is 5.00. The number of H-pyrrole nitrogens is 1. The summed E-state index contributed by atoms with van der Waals surface area (Å²) >= 11 is 0. The van der Waals surface area contributed by atoms with Gasteiger partial charge < -0.3 is 5.73 Å². The quantitative estimate of drug-likeness (QED) is 0.869. The molecule has 1 aliphatic rings. The van der Waals surface area contributed by atoms with E-state index in [0.717, 1.165) is 37.4 Å². The number of nitrogens with zero attached hydrogens (tertiary/aromatic N) is 1. The van der Waals surface area contributed by atoms with Crippen molar-refractivity contribution in [2.24, 2.45) is 0 Å². The van der Waals surface area contributed by atoms with E-state index in [0.29, 0.717) is 17.0 Å². The molecule has 3 nitrogen and oxygen atoms in total. The molecule has 0 spiro atoms. The number of halogens is 2. The number of benzene rings is 1. The molecule has 2 aromatic rings. The Morgan fingerprint density at radius 3 is 2.63 bits per heavy atom. The Hall–Kier alpha value is -1.91. The summed E-state index contributed by atoms with van der Waals surface area (Å²) in [6.45, 7) is 0. The summed E-state index contributed by atoms with van der Waals surface area (Å²) in [5.74, 6) is -0.588. The molecule has 1 saturated carbocycles. The van der Waals surface area contributed by atoms with Crippen LogP contribution in [-0.2, 0) is 0 Å². The van der Waals surface area contributed by atoms with Gasteiger partial charge in [0.15, 0.2) is 5.82 Å². The average Bonchev–Trinajstić information content (AvgIpc) is 2.99. The summed E-state index contributed by atoms with van der Waals surface area (Å²) in [5.41, 5.74) is 7.62. The first-order valence-electron chi connectivity index (χ1n) is 6.46. The number of aromatic amines is 1. The van der Waals surface area contributed by atoms with Gasteiger partial charge >= 0.3 is 0 Å². The molecule has 19 heavy (non-hydrogen) atoms. The minimum absolute atomic E-state index is 0.271. The van der Waals surface area contributed by atoms with Gasteiger partial charge in [-0.1, -0.05) is 12.8 Å². The maximum absolute atomic E-state index is 13.9. The second-order valence-electron chi connectivity index (χ2n) is 5.00. The highest BCUT2D eigenvalue weighted by Gasteiger charge is 2.25. The van der Waals surface area contributed by atoms with Crippen LogP contribution in [0.5, 0.6) is 0 Å². The zero-order chi connectivity index (χ0) is 13.4. The smallest absolute Gasteiger partial charge is 0.153 e. The minimum Gasteiger partial charge on any atom is -0.382 e. The van der Waals surface area contributed by atoms with Crippen molar-refractivity contribution < 1.29 is 8.78 Å². The number of nitrogens with two attached hydrogens (primary N) is 1. The van der Waals surface area contributed by atoms with Crippen molar-refractivity contribution in [1.82, 2.24) is 10.2 Å². The fraction of sp³-hybridized carbons (Fsp3) is 0.357. The molecular weight excluding hydrogens is 248 g/mol. The van der Waals surface area contributed by atoms with Crippen LogP contribution in [0.4, 0.5) is 14.6 Å². The molecule has 1 fully saturated rings. The van der Waals surface area contributed by atoms with E-state index >= 15 is 0 Å². The third-order valence-electron chi connectivity index (χ3n) is 3.79. The summed E-state index contributed by atoms with van der Waals surface area (Å²) < 4.78 is 26.9. The normalized spacial score (nSPS) is 16.1. The maximum atomic E-state index is 13.9. The van der Waals surface area contributed by atoms with Gasteiger partial charge in [0, 0.05) is 28.8 Å². The predicted octanol–water partition coefficient (Wildman–Crippen LogP) is 3.59. The van der Waals surface area contributed by atoms with E-state index < -0.39 is 11.6 Å². The van der Waals surface area contributed by atoms with Gasteiger partial charge in [-0.25, -0.2) is 8.78 Å². The van der Waals surface area contributed by atoms with Gasteiger partial charge in [-0.05, 0) is 25.0 Å². The molecule has 5 heteroatoms. The Bertz CT molecular complexity index is 601. The van der Waals surface area contributed by atoms with Crippen LogP contribution >= 0.6 is 0 Å². The Balaban J connectivity index is 2.10. The van der Waals surface area contributed by atoms with Gasteiger partial charge in [0.25, 0.3) is 0 Å². The van der Waals surface area contributed by atoms with E-state index in [2.05, 4.69) is 10.2 Å². The molecule has 0 aliphatic heterocycles. The zero-order valence-corrected chi connectivity index (χ0v) is 10.4. The van der Waals surface area contributed by atoms with E-state index in [4.69, 9.17) is 5.73 Å². The van der Waals surface area contributed by atoms with Crippen LogP contribution in [0.1, 0.15) is 37.3 Å². The molecular formula is C14H15F2N3. The molecule has 0 amide bonds. The summed E-state index contributed by atoms with van der Waals surface area (Å²) in [6, 6.07) is 3.54. The fourth-order valence-electron chi connectivity index (χ4n) is 2.86. The highest BCUT2D eigenvalue weighted by atomic mass is 19.1. The Labute approximate surface area is 109 Å². The van der Waals surface area contributed by atoms with Crippen LogP contribution in [0.15, 0.2) is 18.2 Å². The summed E-state index contributed by atoms with van der Waals surface area (Å²) in [6.07, 6.45) is 4.43. The standard InChI is InChI=1S/C14H15F2N3/c15-9-5-6-10(11(16)7-9)12-13(18-19-14(12)17)8-3-1-2-4-8/h5-8H,1-4H2,(H3,17,18,19). The van der Waals surface area contributed by atoms with Crippen molar-refractivity contribution in [3.63, 3.8) is 0 Å². The number of nitrogens with one attached hydrogen (secondary N) is 1.